The first-order chi connectivity index (χ1) is 15.4. The molecule has 10 nitrogen and oxygen atoms in total. The molecule has 0 bridgehead atoms. The second-order valence-corrected chi connectivity index (χ2v) is 7.73. The molecule has 2 aliphatic heterocycles. The van der Waals surface area contributed by atoms with Gasteiger partial charge in [0.2, 0.25) is 23.4 Å². The molecule has 10 heteroatoms. The van der Waals surface area contributed by atoms with Crippen LogP contribution >= 0.6 is 0 Å². The Morgan fingerprint density at radius 1 is 1.06 bits per heavy atom. The van der Waals surface area contributed by atoms with Crippen LogP contribution in [0.1, 0.15) is 32.7 Å². The smallest absolute Gasteiger partial charge is 0.269 e. The average molecular weight is 428 g/mol. The fraction of sp³-hybridized carbons (Fsp3) is 0.0909. The van der Waals surface area contributed by atoms with Crippen LogP contribution in [0.2, 0.25) is 0 Å². The van der Waals surface area contributed by atoms with Gasteiger partial charge in [-0.05, 0) is 13.0 Å². The summed E-state index contributed by atoms with van der Waals surface area (Å²) in [5, 5.41) is 21.1. The number of amides is 1. The number of Topliss-reactive ketones (excluding diaryl/α,β-unsaturated/α-hetero) is 2. The number of ketones is 2. The number of aromatic amines is 1. The largest absolute Gasteiger partial charge is 0.436 e. The number of carbonyl (C=O) groups is 3. The Labute approximate surface area is 179 Å². The summed E-state index contributed by atoms with van der Waals surface area (Å²) in [7, 11) is 0. The number of hydrogen-bond acceptors (Lipinski definition) is 7. The van der Waals surface area contributed by atoms with Crippen LogP contribution < -0.4 is 10.1 Å². The number of aromatic nitrogens is 2. The minimum Gasteiger partial charge on any atom is -0.436 e. The van der Waals surface area contributed by atoms with Gasteiger partial charge in [-0.15, -0.1) is 5.10 Å². The van der Waals surface area contributed by atoms with Gasteiger partial charge in [-0.25, -0.2) is 0 Å². The number of nitro benzene ring substituents is 1. The van der Waals surface area contributed by atoms with E-state index in [0.717, 1.165) is 0 Å². The number of ether oxygens (including phenoxy) is 1. The van der Waals surface area contributed by atoms with Gasteiger partial charge in [0.15, 0.2) is 0 Å². The van der Waals surface area contributed by atoms with Crippen molar-refractivity contribution in [3.63, 3.8) is 0 Å². The molecule has 3 heterocycles. The van der Waals surface area contributed by atoms with E-state index in [4.69, 9.17) is 4.74 Å². The van der Waals surface area contributed by atoms with Crippen molar-refractivity contribution in [2.45, 2.75) is 12.3 Å². The van der Waals surface area contributed by atoms with Crippen LogP contribution in [0.3, 0.4) is 0 Å². The van der Waals surface area contributed by atoms with Gasteiger partial charge in [0.05, 0.1) is 16.1 Å². The third-order valence-corrected chi connectivity index (χ3v) is 6.15. The zero-order valence-electron chi connectivity index (χ0n) is 16.4. The van der Waals surface area contributed by atoms with Crippen molar-refractivity contribution < 1.29 is 24.0 Å². The first-order valence-electron chi connectivity index (χ1n) is 9.62. The number of anilines is 1. The van der Waals surface area contributed by atoms with Gasteiger partial charge in [0.25, 0.3) is 5.69 Å². The lowest BCUT2D eigenvalue weighted by molar-refractivity contribution is -0.384. The van der Waals surface area contributed by atoms with Gasteiger partial charge in [-0.3, -0.25) is 29.6 Å². The summed E-state index contributed by atoms with van der Waals surface area (Å²) in [5.74, 6) is -2.19. The number of nitro groups is 1. The molecular weight excluding hydrogens is 416 g/mol. The van der Waals surface area contributed by atoms with Gasteiger partial charge in [-0.2, -0.15) is 0 Å². The summed E-state index contributed by atoms with van der Waals surface area (Å²) in [6.07, 6.45) is 0. The third kappa shape index (κ3) is 1.94. The summed E-state index contributed by atoms with van der Waals surface area (Å²) < 4.78 is 5.98. The fourth-order valence-electron chi connectivity index (χ4n) is 4.84. The molecule has 1 unspecified atom stereocenters. The van der Waals surface area contributed by atoms with E-state index in [-0.39, 0.29) is 39.6 Å². The van der Waals surface area contributed by atoms with E-state index in [1.807, 2.05) is 0 Å². The van der Waals surface area contributed by atoms with Crippen LogP contribution in [-0.4, -0.2) is 32.6 Å². The van der Waals surface area contributed by atoms with Gasteiger partial charge in [0.1, 0.15) is 11.2 Å². The highest BCUT2D eigenvalue weighted by Gasteiger charge is 2.62. The van der Waals surface area contributed by atoms with E-state index >= 15 is 0 Å². The molecule has 2 N–H and O–H groups in total. The highest BCUT2D eigenvalue weighted by atomic mass is 16.6. The van der Waals surface area contributed by atoms with Crippen molar-refractivity contribution in [1.29, 1.82) is 0 Å². The summed E-state index contributed by atoms with van der Waals surface area (Å²) in [6.45, 7) is 1.65. The van der Waals surface area contributed by atoms with Crippen molar-refractivity contribution in [3.05, 3.63) is 86.1 Å². The molecule has 0 saturated heterocycles. The number of aryl methyl sites for hydroxylation is 1. The number of non-ortho nitro benzene ring substituents is 1. The number of nitrogens with zero attached hydrogens (tertiary/aromatic N) is 2. The SMILES string of the molecule is Cc1[nH]nc2c1C1(C(=O)Nc3ccc([N+](=O)[O-])cc31)C1=C(O2)c2ccccc2C(=O)C1=O. The van der Waals surface area contributed by atoms with E-state index < -0.39 is 27.8 Å². The van der Waals surface area contributed by atoms with Crippen molar-refractivity contribution in [3.8, 4) is 5.88 Å². The predicted octanol–water partition coefficient (Wildman–Crippen LogP) is 2.43. The van der Waals surface area contributed by atoms with Crippen LogP contribution in [0.15, 0.2) is 48.0 Å². The number of H-pyrrole nitrogens is 1. The lowest BCUT2D eigenvalue weighted by Gasteiger charge is -2.37. The molecule has 1 aliphatic carbocycles. The highest BCUT2D eigenvalue weighted by molar-refractivity contribution is 6.54. The number of carbonyl (C=O) groups excluding carboxylic acids is 3. The van der Waals surface area contributed by atoms with Crippen LogP contribution in [0, 0.1) is 17.0 Å². The molecule has 1 amide bonds. The molecule has 0 fully saturated rings. The minimum atomic E-state index is -1.83. The molecule has 3 aliphatic rings. The maximum absolute atomic E-state index is 13.6. The van der Waals surface area contributed by atoms with Crippen molar-refractivity contribution >= 4 is 34.6 Å². The second-order valence-electron chi connectivity index (χ2n) is 7.73. The van der Waals surface area contributed by atoms with E-state index in [1.54, 1.807) is 25.1 Å². The standard InChI is InChI=1S/C22H12N4O6/c1-9-15-20(25-24-9)32-19-12-5-3-2-4-11(12)17(27)18(28)16(19)22(15)13-8-10(26(30)31)6-7-14(13)23-21(22)29/h2-8H,1H3,(H,23,29)(H,24,25). The Balaban J connectivity index is 1.80. The van der Waals surface area contributed by atoms with Crippen LogP contribution in [0.25, 0.3) is 5.76 Å². The first kappa shape index (κ1) is 18.2. The summed E-state index contributed by atoms with van der Waals surface area (Å²) in [5.41, 5.74) is -0.584. The maximum atomic E-state index is 13.6. The Hall–Kier alpha value is -4.60. The molecule has 0 radical (unpaired) electrons. The van der Waals surface area contributed by atoms with E-state index in [2.05, 4.69) is 15.5 Å². The van der Waals surface area contributed by atoms with Gasteiger partial charge >= 0.3 is 0 Å². The molecule has 32 heavy (non-hydrogen) atoms. The zero-order chi connectivity index (χ0) is 22.4. The average Bonchev–Trinajstić information content (AvgIpc) is 3.29. The quantitative estimate of drug-likeness (QED) is 0.344. The fourth-order valence-corrected chi connectivity index (χ4v) is 4.84. The van der Waals surface area contributed by atoms with Crippen LogP contribution in [0.5, 0.6) is 5.88 Å². The second kappa shape index (κ2) is 5.76. The van der Waals surface area contributed by atoms with Gasteiger partial charge in [-0.1, -0.05) is 24.3 Å². The van der Waals surface area contributed by atoms with Gasteiger partial charge < -0.3 is 10.1 Å². The third-order valence-electron chi connectivity index (χ3n) is 6.15. The Bertz CT molecular complexity index is 1480. The zero-order valence-corrected chi connectivity index (χ0v) is 16.4. The molecule has 1 aromatic heterocycles. The van der Waals surface area contributed by atoms with Crippen LogP contribution in [0.4, 0.5) is 11.4 Å². The van der Waals surface area contributed by atoms with E-state index in [0.29, 0.717) is 16.9 Å². The lowest BCUT2D eigenvalue weighted by atomic mass is 9.64. The normalized spacial score (nSPS) is 20.3. The number of rotatable bonds is 1. The molecule has 0 saturated carbocycles. The van der Waals surface area contributed by atoms with Crippen LogP contribution in [-0.2, 0) is 15.0 Å². The van der Waals surface area contributed by atoms with Gasteiger partial charge in [0, 0.05) is 40.2 Å². The Morgan fingerprint density at radius 3 is 2.56 bits per heavy atom. The predicted molar refractivity (Wildman–Crippen MR) is 109 cm³/mol. The van der Waals surface area contributed by atoms with Crippen molar-refractivity contribution in [1.82, 2.24) is 10.2 Å². The monoisotopic (exact) mass is 428 g/mol. The number of nitrogens with one attached hydrogen (secondary N) is 2. The first-order valence-corrected chi connectivity index (χ1v) is 9.62. The van der Waals surface area contributed by atoms with E-state index in [9.17, 15) is 24.5 Å². The Kier molecular flexibility index (Phi) is 3.27. The number of fused-ring (bicyclic) bond motifs is 7. The van der Waals surface area contributed by atoms with Crippen molar-refractivity contribution in [2.24, 2.45) is 0 Å². The highest BCUT2D eigenvalue weighted by Crippen LogP contribution is 2.57. The number of hydrogen-bond donors (Lipinski definition) is 2. The molecule has 156 valence electrons. The number of benzene rings is 2. The molecule has 1 spiro atoms. The summed E-state index contributed by atoms with van der Waals surface area (Å²) in [6, 6.07) is 10.4. The Morgan fingerprint density at radius 2 is 1.81 bits per heavy atom. The summed E-state index contributed by atoms with van der Waals surface area (Å²) >= 11 is 0. The van der Waals surface area contributed by atoms with E-state index in [1.165, 1.54) is 24.3 Å². The molecule has 2 aromatic carbocycles. The topological polar surface area (TPSA) is 144 Å². The maximum Gasteiger partial charge on any atom is 0.269 e. The summed E-state index contributed by atoms with van der Waals surface area (Å²) in [4.78, 5) is 51.1. The molecule has 3 aromatic rings. The molecular formula is C22H12N4O6. The lowest BCUT2D eigenvalue weighted by Crippen LogP contribution is -2.47. The van der Waals surface area contributed by atoms with Crippen molar-refractivity contribution in [2.75, 3.05) is 5.32 Å². The minimum absolute atomic E-state index is 0.0405. The molecule has 1 atom stereocenters. The molecule has 6 rings (SSSR count).